The number of carbonyl (C=O) groups is 2. The molecule has 51 heavy (non-hydrogen) atoms. The molecule has 4 aromatic carbocycles. The number of fused-ring (bicyclic) bond motifs is 1. The highest BCUT2D eigenvalue weighted by atomic mass is 35.5. The number of hydrogen-bond donors (Lipinski definition) is 0. The molecular formula is C37H40ClFN4O6S2. The topological polar surface area (TPSA) is 115 Å². The molecular weight excluding hydrogens is 715 g/mol. The Kier molecular flexibility index (Phi) is 10.6. The van der Waals surface area contributed by atoms with Crippen molar-refractivity contribution in [1.82, 2.24) is 14.1 Å². The first-order chi connectivity index (χ1) is 24.1. The van der Waals surface area contributed by atoms with E-state index in [1.165, 1.54) is 41.3 Å². The molecule has 0 bridgehead atoms. The molecule has 2 aliphatic heterocycles. The first-order valence-corrected chi connectivity index (χ1v) is 20.4. The van der Waals surface area contributed by atoms with E-state index in [2.05, 4.69) is 4.90 Å². The van der Waals surface area contributed by atoms with Crippen LogP contribution in [0.1, 0.15) is 25.7 Å². The lowest BCUT2D eigenvalue weighted by atomic mass is 10.0. The van der Waals surface area contributed by atoms with Gasteiger partial charge in [-0.05, 0) is 105 Å². The maximum atomic E-state index is 15.9. The number of halogens is 2. The van der Waals surface area contributed by atoms with E-state index in [-0.39, 0.29) is 34.5 Å². The zero-order valence-electron chi connectivity index (χ0n) is 28.6. The predicted octanol–water partition coefficient (Wildman–Crippen LogP) is 5.44. The van der Waals surface area contributed by atoms with Crippen LogP contribution in [-0.2, 0) is 29.4 Å². The molecule has 0 saturated carbocycles. The lowest BCUT2D eigenvalue weighted by Gasteiger charge is -2.39. The van der Waals surface area contributed by atoms with Gasteiger partial charge in [-0.25, -0.2) is 21.2 Å². The summed E-state index contributed by atoms with van der Waals surface area (Å²) in [6.07, 6.45) is 3.02. The van der Waals surface area contributed by atoms with E-state index in [0.717, 1.165) is 41.9 Å². The number of rotatable bonds is 9. The van der Waals surface area contributed by atoms with Crippen molar-refractivity contribution in [2.24, 2.45) is 0 Å². The van der Waals surface area contributed by atoms with Crippen molar-refractivity contribution < 1.29 is 30.8 Å². The van der Waals surface area contributed by atoms with Crippen molar-refractivity contribution in [3.05, 3.63) is 89.7 Å². The molecule has 14 heteroatoms. The van der Waals surface area contributed by atoms with Crippen molar-refractivity contribution in [3.8, 4) is 11.1 Å². The smallest absolute Gasteiger partial charge is 0.245 e. The van der Waals surface area contributed by atoms with Gasteiger partial charge in [0.15, 0.2) is 9.84 Å². The van der Waals surface area contributed by atoms with E-state index >= 15 is 4.39 Å². The summed E-state index contributed by atoms with van der Waals surface area (Å²) in [6.45, 7) is 1.15. The molecule has 0 aliphatic carbocycles. The van der Waals surface area contributed by atoms with Crippen molar-refractivity contribution in [3.63, 3.8) is 0 Å². The SMILES string of the molecule is CN1CCC(N(C)C(=O)CN(C2CCCN(c3ccc(-c4ccccc4S(C)(=O)=O)cc3F)C2=O)S(=O)(=O)c2ccc3cc(Cl)ccc3c2)CC1. The number of likely N-dealkylation sites (tertiary alicyclic amines) is 1. The van der Waals surface area contributed by atoms with Crippen molar-refractivity contribution in [2.45, 2.75) is 47.6 Å². The summed E-state index contributed by atoms with van der Waals surface area (Å²) in [4.78, 5) is 33.1. The largest absolute Gasteiger partial charge is 0.342 e. The minimum atomic E-state index is -4.43. The summed E-state index contributed by atoms with van der Waals surface area (Å²) >= 11 is 6.15. The standard InChI is InChI=1S/C37H40ClFN4O6S2/c1-40-19-16-29(17-20-40)41(2)36(44)24-43(51(48,49)30-14-11-25-21-28(38)13-10-26(25)22-30)34-8-6-18-42(37(34)45)33-15-12-27(23-32(33)39)31-7-4-5-9-35(31)50(3,46)47/h4-5,7,9-15,21-23,29,34H,6,8,16-20,24H2,1-3H3. The Bertz CT molecular complexity index is 2210. The minimum absolute atomic E-state index is 0.0405. The van der Waals surface area contributed by atoms with E-state index in [0.29, 0.717) is 28.0 Å². The molecule has 2 aliphatic rings. The van der Waals surface area contributed by atoms with Crippen molar-refractivity contribution >= 4 is 59.7 Å². The third-order valence-electron chi connectivity index (χ3n) is 9.89. The molecule has 6 rings (SSSR count). The quantitative estimate of drug-likeness (QED) is 0.224. The maximum absolute atomic E-state index is 15.9. The summed E-state index contributed by atoms with van der Waals surface area (Å²) in [6, 6.07) is 18.6. The molecule has 0 aromatic heterocycles. The number of piperidine rings is 2. The fraction of sp³-hybridized carbons (Fsp3) is 0.351. The lowest BCUT2D eigenvalue weighted by Crippen LogP contribution is -2.57. The number of nitrogens with zero attached hydrogens (tertiary/aromatic N) is 4. The van der Waals surface area contributed by atoms with Gasteiger partial charge >= 0.3 is 0 Å². The number of sulfonamides is 1. The number of amides is 2. The minimum Gasteiger partial charge on any atom is -0.342 e. The molecule has 2 heterocycles. The predicted molar refractivity (Wildman–Crippen MR) is 196 cm³/mol. The normalized spacial score (nSPS) is 18.0. The third-order valence-corrected chi connectivity index (χ3v) is 13.1. The first kappa shape index (κ1) is 36.9. The molecule has 1 unspecified atom stereocenters. The van der Waals surface area contributed by atoms with Gasteiger partial charge in [0.2, 0.25) is 21.8 Å². The van der Waals surface area contributed by atoms with Gasteiger partial charge in [-0.3, -0.25) is 9.59 Å². The number of carbonyl (C=O) groups excluding carboxylic acids is 2. The van der Waals surface area contributed by atoms with Crippen LogP contribution < -0.4 is 4.90 Å². The molecule has 1 atom stereocenters. The number of likely N-dealkylation sites (N-methyl/N-ethyl adjacent to an activating group) is 1. The number of hydrogen-bond acceptors (Lipinski definition) is 7. The number of sulfone groups is 1. The van der Waals surface area contributed by atoms with E-state index in [1.54, 1.807) is 54.4 Å². The Morgan fingerprint density at radius 1 is 0.902 bits per heavy atom. The van der Waals surface area contributed by atoms with Gasteiger partial charge in [0.1, 0.15) is 11.9 Å². The van der Waals surface area contributed by atoms with Gasteiger partial charge in [-0.1, -0.05) is 48.0 Å². The Labute approximate surface area is 303 Å². The van der Waals surface area contributed by atoms with Gasteiger partial charge in [0, 0.05) is 36.5 Å². The van der Waals surface area contributed by atoms with Crippen LogP contribution >= 0.6 is 11.6 Å². The van der Waals surface area contributed by atoms with Crippen LogP contribution in [0.5, 0.6) is 0 Å². The first-order valence-electron chi connectivity index (χ1n) is 16.7. The van der Waals surface area contributed by atoms with Gasteiger partial charge in [0.05, 0.1) is 22.0 Å². The molecule has 0 radical (unpaired) electrons. The van der Waals surface area contributed by atoms with Crippen LogP contribution in [-0.4, -0.2) is 101 Å². The molecule has 2 fully saturated rings. The summed E-state index contributed by atoms with van der Waals surface area (Å²) in [5.74, 6) is -1.87. The van der Waals surface area contributed by atoms with Crippen LogP contribution in [0.4, 0.5) is 10.1 Å². The summed E-state index contributed by atoms with van der Waals surface area (Å²) in [5, 5.41) is 1.84. The average molecular weight is 755 g/mol. The molecule has 2 saturated heterocycles. The molecule has 0 spiro atoms. The van der Waals surface area contributed by atoms with Crippen molar-refractivity contribution in [2.75, 3.05) is 51.4 Å². The Morgan fingerprint density at radius 3 is 2.29 bits per heavy atom. The van der Waals surface area contributed by atoms with Crippen LogP contribution in [0, 0.1) is 5.82 Å². The highest BCUT2D eigenvalue weighted by molar-refractivity contribution is 7.90. The molecule has 270 valence electrons. The maximum Gasteiger partial charge on any atom is 0.245 e. The zero-order valence-corrected chi connectivity index (χ0v) is 31.0. The van der Waals surface area contributed by atoms with Gasteiger partial charge in [0.25, 0.3) is 0 Å². The molecule has 2 amide bonds. The summed E-state index contributed by atoms with van der Waals surface area (Å²) in [5.41, 5.74) is 0.554. The van der Waals surface area contributed by atoms with Gasteiger partial charge in [-0.15, -0.1) is 0 Å². The highest BCUT2D eigenvalue weighted by Crippen LogP contribution is 2.34. The Hall–Kier alpha value is -3.88. The number of anilines is 1. The second-order valence-electron chi connectivity index (χ2n) is 13.3. The average Bonchev–Trinajstić information content (AvgIpc) is 3.10. The molecule has 4 aromatic rings. The van der Waals surface area contributed by atoms with Crippen LogP contribution in [0.15, 0.2) is 88.7 Å². The number of benzene rings is 4. The third kappa shape index (κ3) is 7.68. The second kappa shape index (κ2) is 14.6. The van der Waals surface area contributed by atoms with Gasteiger partial charge in [-0.2, -0.15) is 4.31 Å². The highest BCUT2D eigenvalue weighted by Gasteiger charge is 2.43. The monoisotopic (exact) mass is 754 g/mol. The lowest BCUT2D eigenvalue weighted by molar-refractivity contribution is -0.134. The van der Waals surface area contributed by atoms with Crippen LogP contribution in [0.25, 0.3) is 21.9 Å². The Balaban J connectivity index is 1.35. The zero-order chi connectivity index (χ0) is 36.7. The van der Waals surface area contributed by atoms with E-state index < -0.39 is 50.1 Å². The summed E-state index contributed by atoms with van der Waals surface area (Å²) in [7, 11) is -4.38. The molecule has 10 nitrogen and oxygen atoms in total. The fourth-order valence-corrected chi connectivity index (χ4v) is 9.66. The van der Waals surface area contributed by atoms with Crippen LogP contribution in [0.2, 0.25) is 5.02 Å². The molecule has 0 N–H and O–H groups in total. The fourth-order valence-electron chi connectivity index (χ4n) is 6.97. The summed E-state index contributed by atoms with van der Waals surface area (Å²) < 4.78 is 70.8. The van der Waals surface area contributed by atoms with E-state index in [1.807, 2.05) is 7.05 Å². The second-order valence-corrected chi connectivity index (χ2v) is 17.6. The van der Waals surface area contributed by atoms with Crippen molar-refractivity contribution in [1.29, 1.82) is 0 Å². The van der Waals surface area contributed by atoms with Gasteiger partial charge < -0.3 is 14.7 Å². The van der Waals surface area contributed by atoms with Crippen LogP contribution in [0.3, 0.4) is 0 Å². The Morgan fingerprint density at radius 2 is 1.59 bits per heavy atom. The van der Waals surface area contributed by atoms with E-state index in [9.17, 15) is 26.4 Å². The van der Waals surface area contributed by atoms with E-state index in [4.69, 9.17) is 11.6 Å².